The van der Waals surface area contributed by atoms with Gasteiger partial charge in [-0.2, -0.15) is 0 Å². The van der Waals surface area contributed by atoms with Gasteiger partial charge in [0.05, 0.1) is 5.69 Å². The lowest BCUT2D eigenvalue weighted by molar-refractivity contribution is 0.353. The van der Waals surface area contributed by atoms with Crippen molar-refractivity contribution in [1.82, 2.24) is 0 Å². The van der Waals surface area contributed by atoms with E-state index in [0.717, 1.165) is 17.2 Å². The molecule has 0 unspecified atom stereocenters. The zero-order valence-corrected chi connectivity index (χ0v) is 13.2. The van der Waals surface area contributed by atoms with E-state index in [1.165, 1.54) is 0 Å². The Kier molecular flexibility index (Phi) is 3.09. The summed E-state index contributed by atoms with van der Waals surface area (Å²) in [6.07, 6.45) is 0. The molecule has 0 atom stereocenters. The normalized spacial score (nSPS) is 15.3. The largest absolute Gasteiger partial charge is 0.543 e. The van der Waals surface area contributed by atoms with E-state index in [4.69, 9.17) is 9.16 Å². The van der Waals surface area contributed by atoms with E-state index in [1.54, 1.807) is 0 Å². The highest BCUT2D eigenvalue weighted by molar-refractivity contribution is 6.74. The molecule has 0 amide bonds. The van der Waals surface area contributed by atoms with Crippen molar-refractivity contribution in [1.29, 1.82) is 0 Å². The van der Waals surface area contributed by atoms with Crippen molar-refractivity contribution in [2.24, 2.45) is 0 Å². The van der Waals surface area contributed by atoms with E-state index in [1.807, 2.05) is 19.2 Å². The molecule has 3 nitrogen and oxygen atoms in total. The molecule has 0 aromatic heterocycles. The maximum absolute atomic E-state index is 6.30. The summed E-state index contributed by atoms with van der Waals surface area (Å²) >= 11 is 0. The molecule has 0 N–H and O–H groups in total. The number of rotatable bonds is 2. The molecule has 0 aliphatic carbocycles. The van der Waals surface area contributed by atoms with Crippen LogP contribution >= 0.6 is 0 Å². The van der Waals surface area contributed by atoms with Crippen molar-refractivity contribution >= 4 is 14.0 Å². The van der Waals surface area contributed by atoms with Gasteiger partial charge >= 0.3 is 0 Å². The second-order valence-electron chi connectivity index (χ2n) is 6.46. The number of benzene rings is 1. The van der Waals surface area contributed by atoms with Crippen molar-refractivity contribution in [3.63, 3.8) is 0 Å². The Bertz CT molecular complexity index is 452. The fourth-order valence-corrected chi connectivity index (χ4v) is 2.69. The Morgan fingerprint density at radius 1 is 1.28 bits per heavy atom. The average Bonchev–Trinajstić information content (AvgIpc) is 2.58. The van der Waals surface area contributed by atoms with Gasteiger partial charge in [-0.1, -0.05) is 20.8 Å². The summed E-state index contributed by atoms with van der Waals surface area (Å²) in [5, 5.41) is 0.217. The molecule has 0 spiro atoms. The highest BCUT2D eigenvalue weighted by Crippen LogP contribution is 2.40. The lowest BCUT2D eigenvalue weighted by Gasteiger charge is -2.36. The van der Waals surface area contributed by atoms with Crippen molar-refractivity contribution in [3.05, 3.63) is 18.2 Å². The molecule has 0 bridgehead atoms. The van der Waals surface area contributed by atoms with E-state index in [-0.39, 0.29) is 5.04 Å². The first-order valence-corrected chi connectivity index (χ1v) is 9.28. The lowest BCUT2D eigenvalue weighted by Crippen LogP contribution is -2.43. The van der Waals surface area contributed by atoms with Gasteiger partial charge in [0.25, 0.3) is 0 Å². The van der Waals surface area contributed by atoms with Crippen LogP contribution in [0.15, 0.2) is 18.2 Å². The number of hydrogen-bond donors (Lipinski definition) is 0. The van der Waals surface area contributed by atoms with Gasteiger partial charge in [0.15, 0.2) is 6.73 Å². The van der Waals surface area contributed by atoms with Gasteiger partial charge in [0.2, 0.25) is 8.32 Å². The van der Waals surface area contributed by atoms with E-state index in [2.05, 4.69) is 44.8 Å². The maximum Gasteiger partial charge on any atom is 0.250 e. The van der Waals surface area contributed by atoms with Crippen molar-refractivity contribution in [2.45, 2.75) is 38.9 Å². The van der Waals surface area contributed by atoms with Crippen LogP contribution in [-0.2, 0) is 0 Å². The van der Waals surface area contributed by atoms with Crippen molar-refractivity contribution < 1.29 is 9.16 Å². The molecule has 0 fully saturated rings. The van der Waals surface area contributed by atoms with Crippen LogP contribution in [0.5, 0.6) is 11.5 Å². The lowest BCUT2D eigenvalue weighted by atomic mass is 10.2. The molecule has 1 aliphatic heterocycles. The standard InChI is InChI=1S/C14H23NO2Si/c1-14(2,3)18(5,6)17-11-7-8-13-12(9-11)15(4)10-16-13/h7-9H,10H2,1-6H3. The van der Waals surface area contributed by atoms with Gasteiger partial charge in [-0.05, 0) is 30.3 Å². The van der Waals surface area contributed by atoms with E-state index >= 15 is 0 Å². The summed E-state index contributed by atoms with van der Waals surface area (Å²) in [4.78, 5) is 2.09. The maximum atomic E-state index is 6.30. The fraction of sp³-hybridized carbons (Fsp3) is 0.571. The Balaban J connectivity index is 2.24. The highest BCUT2D eigenvalue weighted by Gasteiger charge is 2.39. The van der Waals surface area contributed by atoms with Crippen molar-refractivity contribution in [2.75, 3.05) is 18.7 Å². The van der Waals surface area contributed by atoms with E-state index in [0.29, 0.717) is 6.73 Å². The summed E-state index contributed by atoms with van der Waals surface area (Å²) in [7, 11) is 0.270. The zero-order chi connectivity index (χ0) is 13.6. The summed E-state index contributed by atoms with van der Waals surface area (Å²) in [5.74, 6) is 1.90. The van der Waals surface area contributed by atoms with Crippen LogP contribution in [0.4, 0.5) is 5.69 Å². The predicted molar refractivity (Wildman–Crippen MR) is 78.2 cm³/mol. The van der Waals surface area contributed by atoms with Crippen molar-refractivity contribution in [3.8, 4) is 11.5 Å². The predicted octanol–water partition coefficient (Wildman–Crippen LogP) is 3.86. The molecule has 0 saturated carbocycles. The second-order valence-corrected chi connectivity index (χ2v) is 11.2. The minimum Gasteiger partial charge on any atom is -0.543 e. The third kappa shape index (κ3) is 2.34. The minimum atomic E-state index is -1.76. The summed E-state index contributed by atoms with van der Waals surface area (Å²) in [6.45, 7) is 11.9. The molecule has 0 saturated heterocycles. The van der Waals surface area contributed by atoms with Crippen LogP contribution in [0.2, 0.25) is 18.1 Å². The molecule has 2 rings (SSSR count). The first-order valence-electron chi connectivity index (χ1n) is 6.38. The molecule has 1 aromatic carbocycles. The van der Waals surface area contributed by atoms with E-state index in [9.17, 15) is 0 Å². The molecular weight excluding hydrogens is 242 g/mol. The number of ether oxygens (including phenoxy) is 1. The quantitative estimate of drug-likeness (QED) is 0.758. The fourth-order valence-electron chi connectivity index (χ4n) is 1.66. The summed E-state index contributed by atoms with van der Waals surface area (Å²) in [5.41, 5.74) is 1.12. The zero-order valence-electron chi connectivity index (χ0n) is 12.2. The second kappa shape index (κ2) is 4.19. The number of anilines is 1. The molecule has 4 heteroatoms. The van der Waals surface area contributed by atoms with Crippen LogP contribution in [0.25, 0.3) is 0 Å². The van der Waals surface area contributed by atoms with Gasteiger partial charge in [0.1, 0.15) is 11.5 Å². The summed E-state index contributed by atoms with van der Waals surface area (Å²) < 4.78 is 11.8. The SMILES string of the molecule is CN1COc2ccc(O[Si](C)(C)C(C)(C)C)cc21. The minimum absolute atomic E-state index is 0.217. The Morgan fingerprint density at radius 3 is 2.56 bits per heavy atom. The van der Waals surface area contributed by atoms with Crippen LogP contribution in [0.3, 0.4) is 0 Å². The van der Waals surface area contributed by atoms with Crippen LogP contribution < -0.4 is 14.1 Å². The molecule has 100 valence electrons. The van der Waals surface area contributed by atoms with Crippen LogP contribution in [0.1, 0.15) is 20.8 Å². The van der Waals surface area contributed by atoms with Gasteiger partial charge in [-0.3, -0.25) is 0 Å². The van der Waals surface area contributed by atoms with Gasteiger partial charge in [-0.15, -0.1) is 0 Å². The topological polar surface area (TPSA) is 21.7 Å². The van der Waals surface area contributed by atoms with Crippen LogP contribution in [-0.4, -0.2) is 22.1 Å². The van der Waals surface area contributed by atoms with Gasteiger partial charge in [-0.25, -0.2) is 0 Å². The van der Waals surface area contributed by atoms with Gasteiger partial charge in [0, 0.05) is 13.1 Å². The molecular formula is C14H23NO2Si. The number of nitrogens with zero attached hydrogens (tertiary/aromatic N) is 1. The highest BCUT2D eigenvalue weighted by atomic mass is 28.4. The first kappa shape index (κ1) is 13.3. The number of hydrogen-bond acceptors (Lipinski definition) is 3. The Hall–Kier alpha value is -1.16. The third-order valence-electron chi connectivity index (χ3n) is 3.93. The molecule has 1 aliphatic rings. The smallest absolute Gasteiger partial charge is 0.250 e. The third-order valence-corrected chi connectivity index (χ3v) is 8.29. The molecule has 1 aromatic rings. The monoisotopic (exact) mass is 265 g/mol. The van der Waals surface area contributed by atoms with Crippen LogP contribution in [0, 0.1) is 0 Å². The van der Waals surface area contributed by atoms with Gasteiger partial charge < -0.3 is 14.1 Å². The average molecular weight is 265 g/mol. The molecule has 18 heavy (non-hydrogen) atoms. The molecule has 0 radical (unpaired) electrons. The number of fused-ring (bicyclic) bond motifs is 1. The van der Waals surface area contributed by atoms with E-state index < -0.39 is 8.32 Å². The molecule has 1 heterocycles. The Morgan fingerprint density at radius 2 is 1.94 bits per heavy atom. The Labute approximate surface area is 111 Å². The first-order chi connectivity index (χ1) is 8.21. The summed E-state index contributed by atoms with van der Waals surface area (Å²) in [6, 6.07) is 6.10.